The van der Waals surface area contributed by atoms with Gasteiger partial charge in [0.15, 0.2) is 0 Å². The summed E-state index contributed by atoms with van der Waals surface area (Å²) in [5, 5.41) is 0. The third kappa shape index (κ3) is 2.95. The lowest BCUT2D eigenvalue weighted by molar-refractivity contribution is -0.123. The second kappa shape index (κ2) is 7.20. The molecule has 156 valence electrons. The van der Waals surface area contributed by atoms with Gasteiger partial charge in [0.05, 0.1) is 18.0 Å². The summed E-state index contributed by atoms with van der Waals surface area (Å²) in [5.74, 6) is -1.27. The summed E-state index contributed by atoms with van der Waals surface area (Å²) >= 11 is 1.23. The molecule has 2 aliphatic heterocycles. The molecule has 1 atom stereocenters. The van der Waals surface area contributed by atoms with E-state index in [-0.39, 0.29) is 29.9 Å². The SMILES string of the molecule is Cc1ccc(N2C(=O)CS[C@]23C(=O)N(Cc2cccc(F)c2)c2ccccc23)cc1F. The van der Waals surface area contributed by atoms with Crippen LogP contribution in [0.4, 0.5) is 20.2 Å². The van der Waals surface area contributed by atoms with Crippen molar-refractivity contribution < 1.29 is 18.4 Å². The Bertz CT molecular complexity index is 1230. The van der Waals surface area contributed by atoms with Gasteiger partial charge in [0.2, 0.25) is 10.8 Å². The van der Waals surface area contributed by atoms with Crippen LogP contribution in [0.3, 0.4) is 0 Å². The number of hydrogen-bond donors (Lipinski definition) is 0. The van der Waals surface area contributed by atoms with Gasteiger partial charge in [0, 0.05) is 11.3 Å². The number of halogens is 2. The highest BCUT2D eigenvalue weighted by atomic mass is 32.2. The van der Waals surface area contributed by atoms with E-state index in [0.29, 0.717) is 28.1 Å². The van der Waals surface area contributed by atoms with Crippen LogP contribution in [-0.4, -0.2) is 17.6 Å². The minimum Gasteiger partial charge on any atom is -0.304 e. The fourth-order valence-electron chi connectivity index (χ4n) is 4.25. The molecule has 0 unspecified atom stereocenters. The van der Waals surface area contributed by atoms with Gasteiger partial charge in [-0.1, -0.05) is 36.4 Å². The number of fused-ring (bicyclic) bond motifs is 2. The summed E-state index contributed by atoms with van der Waals surface area (Å²) in [4.78, 5) is 28.5. The average molecular weight is 436 g/mol. The molecular weight excluding hydrogens is 418 g/mol. The van der Waals surface area contributed by atoms with Crippen LogP contribution in [0.2, 0.25) is 0 Å². The molecule has 2 amide bonds. The van der Waals surface area contributed by atoms with Gasteiger partial charge in [0.1, 0.15) is 11.6 Å². The lowest BCUT2D eigenvalue weighted by atomic mass is 10.0. The molecule has 0 aromatic heterocycles. The van der Waals surface area contributed by atoms with Gasteiger partial charge in [-0.2, -0.15) is 0 Å². The van der Waals surface area contributed by atoms with Crippen LogP contribution >= 0.6 is 11.8 Å². The molecule has 0 N–H and O–H groups in total. The van der Waals surface area contributed by atoms with Gasteiger partial charge in [-0.05, 0) is 48.4 Å². The number of carbonyl (C=O) groups is 2. The third-order valence-corrected chi connectivity index (χ3v) is 7.09. The maximum Gasteiger partial charge on any atom is 0.269 e. The first-order valence-electron chi connectivity index (χ1n) is 9.81. The molecule has 0 aliphatic carbocycles. The standard InChI is InChI=1S/C24H18F2N2O2S/c1-15-9-10-18(12-20(15)26)28-22(29)14-31-24(28)19-7-2-3-8-21(19)27(23(24)30)13-16-5-4-6-17(25)11-16/h2-12H,13-14H2,1H3/t24-/m1/s1. The van der Waals surface area contributed by atoms with Gasteiger partial charge < -0.3 is 4.90 Å². The molecule has 31 heavy (non-hydrogen) atoms. The van der Waals surface area contributed by atoms with E-state index in [1.807, 2.05) is 24.3 Å². The van der Waals surface area contributed by atoms with E-state index in [1.165, 1.54) is 34.9 Å². The molecule has 7 heteroatoms. The van der Waals surface area contributed by atoms with Crippen LogP contribution in [0.5, 0.6) is 0 Å². The topological polar surface area (TPSA) is 40.6 Å². The van der Waals surface area contributed by atoms with Crippen LogP contribution in [0.15, 0.2) is 66.7 Å². The predicted octanol–water partition coefficient (Wildman–Crippen LogP) is 4.75. The van der Waals surface area contributed by atoms with Gasteiger partial charge in [-0.25, -0.2) is 8.78 Å². The van der Waals surface area contributed by atoms with Gasteiger partial charge in [0.25, 0.3) is 5.91 Å². The van der Waals surface area contributed by atoms with Crippen molar-refractivity contribution in [2.75, 3.05) is 15.6 Å². The number of para-hydroxylation sites is 1. The highest BCUT2D eigenvalue weighted by Gasteiger charge is 2.60. The fourth-order valence-corrected chi connectivity index (χ4v) is 5.61. The van der Waals surface area contributed by atoms with Gasteiger partial charge in [-0.3, -0.25) is 14.5 Å². The van der Waals surface area contributed by atoms with Crippen molar-refractivity contribution in [2.24, 2.45) is 0 Å². The van der Waals surface area contributed by atoms with Crippen LogP contribution in [0.25, 0.3) is 0 Å². The lowest BCUT2D eigenvalue weighted by Crippen LogP contribution is -2.49. The Morgan fingerprint density at radius 3 is 2.58 bits per heavy atom. The number of amides is 2. The zero-order valence-electron chi connectivity index (χ0n) is 16.6. The molecule has 2 heterocycles. The number of nitrogens with zero attached hydrogens (tertiary/aromatic N) is 2. The van der Waals surface area contributed by atoms with Crippen molar-refractivity contribution in [3.63, 3.8) is 0 Å². The largest absolute Gasteiger partial charge is 0.304 e. The van der Waals surface area contributed by atoms with Crippen LogP contribution in [-0.2, 0) is 21.0 Å². The minimum absolute atomic E-state index is 0.101. The molecule has 5 rings (SSSR count). The van der Waals surface area contributed by atoms with E-state index in [0.717, 1.165) is 0 Å². The van der Waals surface area contributed by atoms with E-state index in [1.54, 1.807) is 36.1 Å². The van der Waals surface area contributed by atoms with Crippen LogP contribution in [0, 0.1) is 18.6 Å². The van der Waals surface area contributed by atoms with Crippen molar-refractivity contribution in [1.29, 1.82) is 0 Å². The zero-order chi connectivity index (χ0) is 21.8. The lowest BCUT2D eigenvalue weighted by Gasteiger charge is -2.33. The number of rotatable bonds is 3. The smallest absolute Gasteiger partial charge is 0.269 e. The molecule has 3 aromatic carbocycles. The summed E-state index contributed by atoms with van der Waals surface area (Å²) < 4.78 is 28.1. The highest BCUT2D eigenvalue weighted by molar-refractivity contribution is 8.02. The van der Waals surface area contributed by atoms with Crippen molar-refractivity contribution in [1.82, 2.24) is 0 Å². The number of thioether (sulfide) groups is 1. The fraction of sp³-hybridized carbons (Fsp3) is 0.167. The molecule has 0 bridgehead atoms. The highest BCUT2D eigenvalue weighted by Crippen LogP contribution is 2.56. The molecule has 1 fully saturated rings. The number of benzene rings is 3. The van der Waals surface area contributed by atoms with Crippen molar-refractivity contribution >= 4 is 35.0 Å². The molecule has 1 saturated heterocycles. The van der Waals surface area contributed by atoms with Gasteiger partial charge in [-0.15, -0.1) is 11.8 Å². The summed E-state index contributed by atoms with van der Waals surface area (Å²) in [7, 11) is 0. The van der Waals surface area contributed by atoms with E-state index in [4.69, 9.17) is 0 Å². The number of anilines is 2. The van der Waals surface area contributed by atoms with Crippen LogP contribution < -0.4 is 9.80 Å². The number of hydrogen-bond acceptors (Lipinski definition) is 3. The summed E-state index contributed by atoms with van der Waals surface area (Å²) in [6, 6.07) is 17.9. The molecular formula is C24H18F2N2O2S. The monoisotopic (exact) mass is 436 g/mol. The normalized spacial score (nSPS) is 20.1. The second-order valence-electron chi connectivity index (χ2n) is 7.63. The van der Waals surface area contributed by atoms with E-state index in [9.17, 15) is 18.4 Å². The zero-order valence-corrected chi connectivity index (χ0v) is 17.5. The first-order chi connectivity index (χ1) is 14.9. The molecule has 4 nitrogen and oxygen atoms in total. The Hall–Kier alpha value is -3.19. The Kier molecular flexibility index (Phi) is 4.59. The summed E-state index contributed by atoms with van der Waals surface area (Å²) in [5.41, 5.74) is 2.78. The maximum absolute atomic E-state index is 14.4. The summed E-state index contributed by atoms with van der Waals surface area (Å²) in [6.07, 6.45) is 0. The van der Waals surface area contributed by atoms with Crippen molar-refractivity contribution in [3.05, 3.63) is 95.1 Å². The Balaban J connectivity index is 1.65. The third-order valence-electron chi connectivity index (χ3n) is 5.71. The van der Waals surface area contributed by atoms with Gasteiger partial charge >= 0.3 is 0 Å². The minimum atomic E-state index is -1.32. The molecule has 2 aliphatic rings. The van der Waals surface area contributed by atoms with Crippen LogP contribution in [0.1, 0.15) is 16.7 Å². The Morgan fingerprint density at radius 1 is 1.00 bits per heavy atom. The van der Waals surface area contributed by atoms with Crippen molar-refractivity contribution in [2.45, 2.75) is 18.3 Å². The number of aryl methyl sites for hydroxylation is 1. The molecule has 3 aromatic rings. The quantitative estimate of drug-likeness (QED) is 0.595. The molecule has 0 radical (unpaired) electrons. The maximum atomic E-state index is 14.4. The molecule has 0 saturated carbocycles. The van der Waals surface area contributed by atoms with Crippen molar-refractivity contribution in [3.8, 4) is 0 Å². The Labute approximate surface area is 182 Å². The van der Waals surface area contributed by atoms with E-state index in [2.05, 4.69) is 0 Å². The van der Waals surface area contributed by atoms with E-state index >= 15 is 0 Å². The molecule has 1 spiro atoms. The first-order valence-corrected chi connectivity index (χ1v) is 10.8. The number of carbonyl (C=O) groups excluding carboxylic acids is 2. The predicted molar refractivity (Wildman–Crippen MR) is 117 cm³/mol. The second-order valence-corrected chi connectivity index (χ2v) is 8.80. The first kappa shape index (κ1) is 19.8. The Morgan fingerprint density at radius 2 is 1.81 bits per heavy atom. The van der Waals surface area contributed by atoms with E-state index < -0.39 is 10.7 Å². The average Bonchev–Trinajstić information content (AvgIpc) is 3.22. The summed E-state index contributed by atoms with van der Waals surface area (Å²) in [6.45, 7) is 1.81.